The zero-order valence-electron chi connectivity index (χ0n) is 5.68. The Morgan fingerprint density at radius 3 is 3.25 bits per heavy atom. The molecule has 0 atom stereocenters. The van der Waals surface area contributed by atoms with Crippen LogP contribution in [0.25, 0.3) is 0 Å². The molecule has 0 spiro atoms. The molecule has 0 unspecified atom stereocenters. The fourth-order valence-corrected chi connectivity index (χ4v) is 4.60. The highest BCUT2D eigenvalue weighted by Crippen LogP contribution is 2.35. The van der Waals surface area contributed by atoms with E-state index >= 15 is 0 Å². The summed E-state index contributed by atoms with van der Waals surface area (Å²) in [6.07, 6.45) is 0. The van der Waals surface area contributed by atoms with Crippen LogP contribution in [0.3, 0.4) is 0 Å². The first-order valence-corrected chi connectivity index (χ1v) is 7.42. The standard InChI is InChI=1S/C6H2N2S4/c1-3-5(9-11-7-3)2-6-4(1)8-12-10-6/h1-2H. The van der Waals surface area contributed by atoms with Crippen molar-refractivity contribution in [2.24, 2.45) is 8.76 Å². The molecule has 0 N–H and O–H groups in total. The van der Waals surface area contributed by atoms with Crippen LogP contribution in [0.4, 0.5) is 5.69 Å². The Morgan fingerprint density at radius 1 is 1.25 bits per heavy atom. The van der Waals surface area contributed by atoms with Crippen LogP contribution in [0.2, 0.25) is 0 Å². The average molecular weight is 230 g/mol. The minimum absolute atomic E-state index is 1.08. The number of hydrogen-bond donors (Lipinski definition) is 0. The maximum absolute atomic E-state index is 4.28. The lowest BCUT2D eigenvalue weighted by atomic mass is 10.3. The van der Waals surface area contributed by atoms with Crippen molar-refractivity contribution in [1.82, 2.24) is 0 Å². The van der Waals surface area contributed by atoms with E-state index in [4.69, 9.17) is 0 Å². The van der Waals surface area contributed by atoms with E-state index in [0.717, 1.165) is 11.0 Å². The van der Waals surface area contributed by atoms with Gasteiger partial charge in [0.05, 0.1) is 15.6 Å². The van der Waals surface area contributed by atoms with E-state index < -0.39 is 0 Å². The molecule has 2 nitrogen and oxygen atoms in total. The van der Waals surface area contributed by atoms with Crippen molar-refractivity contribution < 1.29 is 0 Å². The van der Waals surface area contributed by atoms with Gasteiger partial charge < -0.3 is 0 Å². The highest BCUT2D eigenvalue weighted by molar-refractivity contribution is 8.76. The Labute approximate surface area is 82.9 Å². The van der Waals surface area contributed by atoms with Gasteiger partial charge in [0.2, 0.25) is 0 Å². The minimum atomic E-state index is 1.08. The van der Waals surface area contributed by atoms with Crippen molar-refractivity contribution in [2.45, 2.75) is 4.90 Å². The molecule has 1 aromatic carbocycles. The summed E-state index contributed by atoms with van der Waals surface area (Å²) in [5, 5.41) is 1.08. The summed E-state index contributed by atoms with van der Waals surface area (Å²) in [4.78, 5) is 1.27. The van der Waals surface area contributed by atoms with Gasteiger partial charge in [0.25, 0.3) is 0 Å². The SMILES string of the molecule is c1c2c(cc3c1=NSS3)=S=S=N2. The van der Waals surface area contributed by atoms with Gasteiger partial charge in [-0.2, -0.15) is 4.36 Å². The van der Waals surface area contributed by atoms with E-state index in [2.05, 4.69) is 20.9 Å². The highest BCUT2D eigenvalue weighted by Gasteiger charge is 2.09. The Kier molecular flexibility index (Phi) is 1.68. The number of hydrogen-bond acceptors (Lipinski definition) is 4. The molecule has 0 saturated carbocycles. The third-order valence-corrected chi connectivity index (χ3v) is 5.24. The number of fused-ring (bicyclic) bond motifs is 2. The second-order valence-electron chi connectivity index (χ2n) is 2.29. The zero-order chi connectivity index (χ0) is 7.97. The zero-order valence-corrected chi connectivity index (χ0v) is 8.95. The first-order chi connectivity index (χ1) is 5.93. The Hall–Kier alpha value is -0.0400. The van der Waals surface area contributed by atoms with E-state index in [0.29, 0.717) is 0 Å². The number of rotatable bonds is 0. The molecule has 60 valence electrons. The topological polar surface area (TPSA) is 24.7 Å². The van der Waals surface area contributed by atoms with Gasteiger partial charge in [0.1, 0.15) is 0 Å². The molecule has 0 fully saturated rings. The van der Waals surface area contributed by atoms with Crippen LogP contribution >= 0.6 is 21.8 Å². The summed E-state index contributed by atoms with van der Waals surface area (Å²) in [6, 6.07) is 4.23. The predicted octanol–water partition coefficient (Wildman–Crippen LogP) is 2.13. The first-order valence-electron chi connectivity index (χ1n) is 3.21. The van der Waals surface area contributed by atoms with Gasteiger partial charge in [0.15, 0.2) is 0 Å². The highest BCUT2D eigenvalue weighted by atomic mass is 33.1. The molecule has 3 rings (SSSR count). The third-order valence-electron chi connectivity index (χ3n) is 1.57. The van der Waals surface area contributed by atoms with Gasteiger partial charge in [-0.05, 0) is 22.9 Å². The predicted molar refractivity (Wildman–Crippen MR) is 56.7 cm³/mol. The van der Waals surface area contributed by atoms with Gasteiger partial charge in [0, 0.05) is 26.0 Å². The molecule has 2 heterocycles. The van der Waals surface area contributed by atoms with Gasteiger partial charge in [-0.15, -0.1) is 0 Å². The van der Waals surface area contributed by atoms with Crippen molar-refractivity contribution >= 4 is 47.5 Å². The molecular weight excluding hydrogens is 228 g/mol. The number of nitrogens with zero attached hydrogens (tertiary/aromatic N) is 2. The van der Waals surface area contributed by atoms with Crippen molar-refractivity contribution in [3.63, 3.8) is 0 Å². The van der Waals surface area contributed by atoms with Crippen molar-refractivity contribution in [2.75, 3.05) is 0 Å². The molecule has 0 aromatic heterocycles. The summed E-state index contributed by atoms with van der Waals surface area (Å²) in [5.41, 5.74) is 1.08. The lowest BCUT2D eigenvalue weighted by Crippen LogP contribution is -1.98. The van der Waals surface area contributed by atoms with Gasteiger partial charge in [-0.1, -0.05) is 9.91 Å². The average Bonchev–Trinajstić information content (AvgIpc) is 2.64. The quantitative estimate of drug-likeness (QED) is 0.393. The molecule has 0 aliphatic carbocycles. The van der Waals surface area contributed by atoms with E-state index in [1.54, 1.807) is 20.7 Å². The maximum atomic E-state index is 4.28. The van der Waals surface area contributed by atoms with Crippen LogP contribution in [0.1, 0.15) is 0 Å². The molecule has 1 aromatic rings. The third kappa shape index (κ3) is 1.02. The molecule has 0 bridgehead atoms. The molecule has 2 aliphatic rings. The lowest BCUT2D eigenvalue weighted by molar-refractivity contribution is 1.29. The minimum Gasteiger partial charge on any atom is -0.204 e. The summed E-state index contributed by atoms with van der Waals surface area (Å²) >= 11 is 0. The largest absolute Gasteiger partial charge is 0.204 e. The molecule has 12 heavy (non-hydrogen) atoms. The Bertz CT molecular complexity index is 552. The Balaban J connectivity index is 2.51. The first kappa shape index (κ1) is 7.37. The second-order valence-corrected chi connectivity index (χ2v) is 6.06. The van der Waals surface area contributed by atoms with Crippen molar-refractivity contribution in [1.29, 1.82) is 0 Å². The normalized spacial score (nSPS) is 16.7. The Morgan fingerprint density at radius 2 is 2.25 bits per heavy atom. The molecule has 2 aliphatic heterocycles. The number of benzene rings is 1. The second kappa shape index (κ2) is 2.73. The van der Waals surface area contributed by atoms with E-state index in [1.165, 1.54) is 30.5 Å². The maximum Gasteiger partial charge on any atom is 0.0972 e. The summed E-state index contributed by atoms with van der Waals surface area (Å²) in [6.45, 7) is 0. The molecule has 6 heteroatoms. The van der Waals surface area contributed by atoms with Gasteiger partial charge in [-0.25, -0.2) is 4.40 Å². The van der Waals surface area contributed by atoms with Crippen LogP contribution in [0.5, 0.6) is 0 Å². The molecular formula is C6H2N2S4. The fraction of sp³-hybridized carbons (Fsp3) is 0. The van der Waals surface area contributed by atoms with Gasteiger partial charge in [-0.3, -0.25) is 0 Å². The van der Waals surface area contributed by atoms with Crippen molar-refractivity contribution in [3.05, 3.63) is 22.0 Å². The van der Waals surface area contributed by atoms with Gasteiger partial charge >= 0.3 is 0 Å². The molecule has 0 saturated heterocycles. The molecule has 0 amide bonds. The summed E-state index contributed by atoms with van der Waals surface area (Å²) in [7, 11) is 6.52. The van der Waals surface area contributed by atoms with Crippen LogP contribution in [-0.2, 0) is 20.0 Å². The van der Waals surface area contributed by atoms with Crippen LogP contribution < -0.4 is 5.36 Å². The molecule has 0 radical (unpaired) electrons. The monoisotopic (exact) mass is 230 g/mol. The lowest BCUT2D eigenvalue weighted by Gasteiger charge is -1.90. The van der Waals surface area contributed by atoms with E-state index in [-0.39, 0.29) is 0 Å². The van der Waals surface area contributed by atoms with Crippen molar-refractivity contribution in [3.8, 4) is 0 Å². The van der Waals surface area contributed by atoms with Crippen LogP contribution in [0, 0.1) is 4.51 Å². The van der Waals surface area contributed by atoms with Crippen LogP contribution in [-0.4, -0.2) is 0 Å². The fourth-order valence-electron chi connectivity index (χ4n) is 1.01. The van der Waals surface area contributed by atoms with E-state index in [1.807, 2.05) is 0 Å². The summed E-state index contributed by atoms with van der Waals surface area (Å²) < 4.78 is 9.82. The van der Waals surface area contributed by atoms with Crippen LogP contribution in [0.15, 0.2) is 25.8 Å². The smallest absolute Gasteiger partial charge is 0.0972 e. The van der Waals surface area contributed by atoms with E-state index in [9.17, 15) is 0 Å². The summed E-state index contributed by atoms with van der Waals surface area (Å²) in [5.74, 6) is 0.